The molecule has 0 radical (unpaired) electrons. The van der Waals surface area contributed by atoms with Crippen LogP contribution in [0.25, 0.3) is 11.1 Å². The van der Waals surface area contributed by atoms with Gasteiger partial charge in [0.15, 0.2) is 17.4 Å². The number of nitrogens with one attached hydrogen (secondary N) is 2. The number of nitrogens with zero attached hydrogens (tertiary/aromatic N) is 4. The number of nitrogens with two attached hydrogens (primary N) is 2. The Hall–Kier alpha value is -3.57. The first kappa shape index (κ1) is 26.5. The van der Waals surface area contributed by atoms with Crippen LogP contribution < -0.4 is 27.1 Å². The van der Waals surface area contributed by atoms with Crippen LogP contribution in [-0.4, -0.2) is 40.3 Å². The molecule has 37 heavy (non-hydrogen) atoms. The van der Waals surface area contributed by atoms with Crippen LogP contribution in [0.5, 0.6) is 5.75 Å². The van der Waals surface area contributed by atoms with Crippen molar-refractivity contribution in [3.05, 3.63) is 54.0 Å². The van der Waals surface area contributed by atoms with Crippen molar-refractivity contribution in [2.75, 3.05) is 25.4 Å². The summed E-state index contributed by atoms with van der Waals surface area (Å²) in [6, 6.07) is 4.44. The fourth-order valence-corrected chi connectivity index (χ4v) is 4.15. The minimum absolute atomic E-state index is 0.0414. The summed E-state index contributed by atoms with van der Waals surface area (Å²) < 4.78 is 37.0. The minimum atomic E-state index is -1.14. The number of anilines is 1. The predicted molar refractivity (Wildman–Crippen MR) is 140 cm³/mol. The lowest BCUT2D eigenvalue weighted by Crippen LogP contribution is -2.31. The van der Waals surface area contributed by atoms with Crippen LogP contribution in [0.15, 0.2) is 41.8 Å². The maximum absolute atomic E-state index is 14.9. The molecule has 1 atom stereocenters. The van der Waals surface area contributed by atoms with Gasteiger partial charge in [0.05, 0.1) is 18.4 Å². The van der Waals surface area contributed by atoms with Gasteiger partial charge >= 0.3 is 0 Å². The number of amidine groups is 1. The van der Waals surface area contributed by atoms with Crippen molar-refractivity contribution in [3.8, 4) is 16.9 Å². The van der Waals surface area contributed by atoms with E-state index < -0.39 is 11.6 Å². The van der Waals surface area contributed by atoms with Crippen LogP contribution in [0, 0.1) is 23.5 Å². The van der Waals surface area contributed by atoms with Crippen LogP contribution in [0.2, 0.25) is 0 Å². The van der Waals surface area contributed by atoms with Crippen LogP contribution >= 0.6 is 0 Å². The average Bonchev–Trinajstić information content (AvgIpc) is 3.58. The second-order valence-electron chi connectivity index (χ2n) is 9.64. The average molecular weight is 513 g/mol. The van der Waals surface area contributed by atoms with Crippen LogP contribution in [-0.2, 0) is 6.54 Å². The van der Waals surface area contributed by atoms with Crippen molar-refractivity contribution in [1.29, 1.82) is 0 Å². The SMILES string of the molecule is CC(C)CCn1cc(-c2cnc(N)c(C(=Nc3ccc(OCCC4CCNC4)c(F)c3F)NN)c2)cn1. The van der Waals surface area contributed by atoms with E-state index in [4.69, 9.17) is 16.3 Å². The first-order valence-electron chi connectivity index (χ1n) is 12.5. The van der Waals surface area contributed by atoms with Crippen molar-refractivity contribution in [1.82, 2.24) is 25.5 Å². The van der Waals surface area contributed by atoms with Crippen LogP contribution in [0.3, 0.4) is 0 Å². The largest absolute Gasteiger partial charge is 0.490 e. The number of rotatable bonds is 10. The van der Waals surface area contributed by atoms with Crippen molar-refractivity contribution < 1.29 is 13.5 Å². The highest BCUT2D eigenvalue weighted by atomic mass is 19.2. The molecule has 3 aromatic rings. The maximum atomic E-state index is 14.9. The number of hydrogen-bond acceptors (Lipinski definition) is 7. The first-order valence-corrected chi connectivity index (χ1v) is 12.5. The molecule has 0 bridgehead atoms. The van der Waals surface area contributed by atoms with Crippen molar-refractivity contribution in [2.24, 2.45) is 22.7 Å². The molecule has 1 aliphatic rings. The van der Waals surface area contributed by atoms with E-state index in [1.807, 2.05) is 10.9 Å². The van der Waals surface area contributed by atoms with E-state index in [1.165, 1.54) is 12.1 Å². The van der Waals surface area contributed by atoms with Gasteiger partial charge in [-0.05, 0) is 62.4 Å². The molecule has 6 N–H and O–H groups in total. The number of hydrogen-bond donors (Lipinski definition) is 4. The Balaban J connectivity index is 1.53. The van der Waals surface area contributed by atoms with Gasteiger partial charge in [-0.25, -0.2) is 20.2 Å². The Morgan fingerprint density at radius 1 is 1.27 bits per heavy atom. The Labute approximate surface area is 215 Å². The zero-order chi connectivity index (χ0) is 26.4. The molecule has 2 aromatic heterocycles. The molecular formula is C26H34F2N8O. The molecule has 9 nitrogen and oxygen atoms in total. The van der Waals surface area contributed by atoms with Gasteiger partial charge in [-0.1, -0.05) is 13.8 Å². The smallest absolute Gasteiger partial charge is 0.202 e. The molecule has 1 fully saturated rings. The molecular weight excluding hydrogens is 478 g/mol. The van der Waals surface area contributed by atoms with Crippen LogP contribution in [0.4, 0.5) is 20.3 Å². The van der Waals surface area contributed by atoms with E-state index in [0.717, 1.165) is 50.0 Å². The van der Waals surface area contributed by atoms with Crippen molar-refractivity contribution >= 4 is 17.3 Å². The summed E-state index contributed by atoms with van der Waals surface area (Å²) >= 11 is 0. The van der Waals surface area contributed by atoms with E-state index in [9.17, 15) is 8.78 Å². The number of halogens is 2. The Bertz CT molecular complexity index is 1240. The highest BCUT2D eigenvalue weighted by molar-refractivity contribution is 6.04. The summed E-state index contributed by atoms with van der Waals surface area (Å²) in [4.78, 5) is 8.44. The zero-order valence-electron chi connectivity index (χ0n) is 21.2. The van der Waals surface area contributed by atoms with Gasteiger partial charge < -0.3 is 21.2 Å². The van der Waals surface area contributed by atoms with Gasteiger partial charge in [0, 0.05) is 30.1 Å². The molecule has 4 rings (SSSR count). The minimum Gasteiger partial charge on any atom is -0.490 e. The Kier molecular flexibility index (Phi) is 8.67. The van der Waals surface area contributed by atoms with Gasteiger partial charge in [0.25, 0.3) is 0 Å². The van der Waals surface area contributed by atoms with E-state index in [-0.39, 0.29) is 23.1 Å². The Morgan fingerprint density at radius 2 is 2.11 bits per heavy atom. The topological polar surface area (TPSA) is 128 Å². The summed E-state index contributed by atoms with van der Waals surface area (Å²) in [6.07, 6.45) is 8.11. The van der Waals surface area contributed by atoms with E-state index in [2.05, 4.69) is 39.7 Å². The number of aromatic nitrogens is 3. The van der Waals surface area contributed by atoms with Crippen molar-refractivity contribution in [2.45, 2.75) is 39.7 Å². The number of benzene rings is 1. The lowest BCUT2D eigenvalue weighted by atomic mass is 10.1. The maximum Gasteiger partial charge on any atom is 0.202 e. The number of nitrogen functional groups attached to an aromatic ring is 1. The first-order chi connectivity index (χ1) is 17.9. The fourth-order valence-electron chi connectivity index (χ4n) is 4.15. The Morgan fingerprint density at radius 3 is 2.84 bits per heavy atom. The van der Waals surface area contributed by atoms with Gasteiger partial charge in [-0.2, -0.15) is 9.49 Å². The fraction of sp³-hybridized carbons (Fsp3) is 0.423. The molecule has 1 unspecified atom stereocenters. The lowest BCUT2D eigenvalue weighted by Gasteiger charge is -2.13. The highest BCUT2D eigenvalue weighted by Crippen LogP contribution is 2.30. The number of hydrazine groups is 1. The predicted octanol–water partition coefficient (Wildman–Crippen LogP) is 3.77. The van der Waals surface area contributed by atoms with Gasteiger partial charge in [0.1, 0.15) is 11.5 Å². The summed E-state index contributed by atoms with van der Waals surface area (Å²) in [5.41, 5.74) is 10.2. The number of aliphatic imine (C=N–C) groups is 1. The molecule has 0 spiro atoms. The standard InChI is InChI=1S/C26H34F2N8O/c1-16(2)6-9-36-15-19(14-33-36)18-11-20(25(29)32-13-18)26(35-30)34-21-3-4-22(24(28)23(21)27)37-10-7-17-5-8-31-12-17/h3-4,11,13-17,31H,5-10,12,30H2,1-2H3,(H2,29,32)(H,34,35). The molecule has 3 heterocycles. The molecule has 0 aliphatic carbocycles. The third kappa shape index (κ3) is 6.60. The molecule has 198 valence electrons. The summed E-state index contributed by atoms with van der Waals surface area (Å²) in [6.45, 7) is 7.32. The van der Waals surface area contributed by atoms with Gasteiger partial charge in [0.2, 0.25) is 5.82 Å². The molecule has 0 amide bonds. The molecule has 11 heteroatoms. The third-order valence-electron chi connectivity index (χ3n) is 6.42. The molecule has 1 saturated heterocycles. The van der Waals surface area contributed by atoms with Crippen LogP contribution in [0.1, 0.15) is 38.7 Å². The summed E-state index contributed by atoms with van der Waals surface area (Å²) in [5, 5.41) is 7.68. The summed E-state index contributed by atoms with van der Waals surface area (Å²) in [5.74, 6) is 4.53. The molecule has 1 aromatic carbocycles. The second-order valence-corrected chi connectivity index (χ2v) is 9.64. The number of aryl methyl sites for hydroxylation is 1. The number of pyridine rings is 1. The van der Waals surface area contributed by atoms with E-state index in [1.54, 1.807) is 18.5 Å². The zero-order valence-corrected chi connectivity index (χ0v) is 21.2. The van der Waals surface area contributed by atoms with Gasteiger partial charge in [-0.3, -0.25) is 4.68 Å². The normalized spacial score (nSPS) is 15.9. The van der Waals surface area contributed by atoms with Crippen molar-refractivity contribution in [3.63, 3.8) is 0 Å². The highest BCUT2D eigenvalue weighted by Gasteiger charge is 2.19. The lowest BCUT2D eigenvalue weighted by molar-refractivity contribution is 0.268. The number of ether oxygens (including phenoxy) is 1. The second kappa shape index (κ2) is 12.1. The quantitative estimate of drug-likeness (QED) is 0.141. The van der Waals surface area contributed by atoms with E-state index >= 15 is 0 Å². The van der Waals surface area contributed by atoms with Gasteiger partial charge in [-0.15, -0.1) is 0 Å². The monoisotopic (exact) mass is 512 g/mol. The molecule has 0 saturated carbocycles. The van der Waals surface area contributed by atoms with E-state index in [0.29, 0.717) is 24.0 Å². The summed E-state index contributed by atoms with van der Waals surface area (Å²) in [7, 11) is 0. The third-order valence-corrected chi connectivity index (χ3v) is 6.42. The molecule has 1 aliphatic heterocycles.